The van der Waals surface area contributed by atoms with Crippen LogP contribution in [0.15, 0.2) is 89.9 Å². The number of benzene rings is 3. The average molecular weight is 469 g/mol. The zero-order valence-corrected chi connectivity index (χ0v) is 19.7. The lowest BCUT2D eigenvalue weighted by molar-refractivity contribution is 0.0697. The lowest BCUT2D eigenvalue weighted by atomic mass is 9.97. The van der Waals surface area contributed by atoms with Crippen molar-refractivity contribution in [2.75, 3.05) is 0 Å². The van der Waals surface area contributed by atoms with Gasteiger partial charge in [-0.25, -0.2) is 14.2 Å². The summed E-state index contributed by atoms with van der Waals surface area (Å²) in [7, 11) is 0. The second kappa shape index (κ2) is 10.8. The third kappa shape index (κ3) is 5.49. The number of carbonyl (C=O) groups is 2. The number of carboxylic acids is 1. The second-order valence-electron chi connectivity index (χ2n) is 8.57. The Hall–Kier alpha value is -4.19. The number of rotatable bonds is 9. The Labute approximate surface area is 204 Å². The summed E-state index contributed by atoms with van der Waals surface area (Å²) in [6.45, 7) is 2.26. The molecule has 0 aliphatic heterocycles. The molecule has 6 nitrogen and oxygen atoms in total. The Balaban J connectivity index is 1.68. The first-order valence-corrected chi connectivity index (χ1v) is 11.8. The molecular formula is C29H28N2O4. The van der Waals surface area contributed by atoms with Crippen molar-refractivity contribution in [2.24, 2.45) is 0 Å². The van der Waals surface area contributed by atoms with Gasteiger partial charge in [-0.2, -0.15) is 0 Å². The Morgan fingerprint density at radius 3 is 2.23 bits per heavy atom. The molecule has 0 unspecified atom stereocenters. The van der Waals surface area contributed by atoms with Crippen LogP contribution in [0.25, 0.3) is 11.1 Å². The molecule has 0 saturated carbocycles. The van der Waals surface area contributed by atoms with E-state index in [0.717, 1.165) is 29.7 Å². The summed E-state index contributed by atoms with van der Waals surface area (Å²) < 4.78 is 2.77. The van der Waals surface area contributed by atoms with Gasteiger partial charge >= 0.3 is 11.7 Å². The number of hydrogen-bond acceptors (Lipinski definition) is 3. The SMILES string of the molecule is CCCCc1cn(C(=O)Cc2ccccc2)c(=O)n1Cc1ccc(-c2ccccc2)c(C(=O)O)c1. The number of carboxylic acid groups (broad SMARTS) is 1. The number of carbonyl (C=O) groups excluding carboxylic acids is 1. The molecule has 0 saturated heterocycles. The fourth-order valence-corrected chi connectivity index (χ4v) is 4.21. The predicted octanol–water partition coefficient (Wildman–Crippen LogP) is 5.29. The van der Waals surface area contributed by atoms with Crippen molar-refractivity contribution in [3.63, 3.8) is 0 Å². The van der Waals surface area contributed by atoms with Crippen LogP contribution in [-0.4, -0.2) is 26.1 Å². The van der Waals surface area contributed by atoms with Gasteiger partial charge in [0, 0.05) is 11.9 Å². The molecule has 0 atom stereocenters. The molecule has 0 fully saturated rings. The van der Waals surface area contributed by atoms with Gasteiger partial charge in [0.15, 0.2) is 0 Å². The quantitative estimate of drug-likeness (QED) is 0.362. The molecule has 4 aromatic rings. The van der Waals surface area contributed by atoms with Crippen molar-refractivity contribution in [1.82, 2.24) is 9.13 Å². The van der Waals surface area contributed by atoms with Gasteiger partial charge < -0.3 is 5.11 Å². The van der Waals surface area contributed by atoms with Gasteiger partial charge in [0.25, 0.3) is 0 Å². The van der Waals surface area contributed by atoms with Crippen molar-refractivity contribution in [1.29, 1.82) is 0 Å². The zero-order valence-electron chi connectivity index (χ0n) is 19.7. The van der Waals surface area contributed by atoms with E-state index in [1.54, 1.807) is 22.9 Å². The molecular weight excluding hydrogens is 440 g/mol. The highest BCUT2D eigenvalue weighted by atomic mass is 16.4. The second-order valence-corrected chi connectivity index (χ2v) is 8.57. The Morgan fingerprint density at radius 2 is 1.57 bits per heavy atom. The fraction of sp³-hybridized carbons (Fsp3) is 0.207. The standard InChI is InChI=1S/C29H28N2O4/c1-2-3-14-24-20-31(27(32)18-21-10-6-4-7-11-21)29(35)30(24)19-22-15-16-25(26(17-22)28(33)34)23-12-8-5-9-13-23/h4-13,15-17,20H,2-3,14,18-19H2,1H3,(H,33,34). The van der Waals surface area contributed by atoms with Crippen LogP contribution in [0.3, 0.4) is 0 Å². The molecule has 0 spiro atoms. The van der Waals surface area contributed by atoms with Gasteiger partial charge in [-0.1, -0.05) is 86.1 Å². The normalized spacial score (nSPS) is 10.9. The molecule has 1 heterocycles. The van der Waals surface area contributed by atoms with Gasteiger partial charge in [-0.05, 0) is 41.2 Å². The lowest BCUT2D eigenvalue weighted by Gasteiger charge is -2.11. The van der Waals surface area contributed by atoms with Crippen LogP contribution < -0.4 is 5.69 Å². The van der Waals surface area contributed by atoms with Crippen LogP contribution in [0.5, 0.6) is 0 Å². The highest BCUT2D eigenvalue weighted by molar-refractivity contribution is 5.96. The van der Waals surface area contributed by atoms with Crippen molar-refractivity contribution >= 4 is 11.9 Å². The molecule has 0 aliphatic carbocycles. The third-order valence-corrected chi connectivity index (χ3v) is 6.06. The van der Waals surface area contributed by atoms with Crippen LogP contribution in [0, 0.1) is 0 Å². The monoisotopic (exact) mass is 468 g/mol. The lowest BCUT2D eigenvalue weighted by Crippen LogP contribution is -2.30. The Kier molecular flexibility index (Phi) is 7.41. The van der Waals surface area contributed by atoms with E-state index in [1.165, 1.54) is 4.57 Å². The summed E-state index contributed by atoms with van der Waals surface area (Å²) in [5, 5.41) is 9.84. The molecule has 4 rings (SSSR count). The maximum atomic E-state index is 13.3. The number of aromatic nitrogens is 2. The zero-order chi connectivity index (χ0) is 24.8. The molecule has 1 aromatic heterocycles. The summed E-state index contributed by atoms with van der Waals surface area (Å²) in [6, 6.07) is 23.9. The van der Waals surface area contributed by atoms with E-state index in [4.69, 9.17) is 0 Å². The minimum atomic E-state index is -1.03. The van der Waals surface area contributed by atoms with E-state index in [2.05, 4.69) is 6.92 Å². The number of aryl methyl sites for hydroxylation is 1. The van der Waals surface area contributed by atoms with E-state index in [0.29, 0.717) is 17.5 Å². The van der Waals surface area contributed by atoms with E-state index in [-0.39, 0.29) is 24.4 Å². The van der Waals surface area contributed by atoms with Crippen LogP contribution in [0.1, 0.15) is 51.7 Å². The van der Waals surface area contributed by atoms with E-state index < -0.39 is 11.7 Å². The van der Waals surface area contributed by atoms with Gasteiger partial charge in [-0.15, -0.1) is 0 Å². The van der Waals surface area contributed by atoms with Crippen LogP contribution in [-0.2, 0) is 19.4 Å². The fourth-order valence-electron chi connectivity index (χ4n) is 4.21. The summed E-state index contributed by atoms with van der Waals surface area (Å²) in [5.41, 5.74) is 3.51. The minimum absolute atomic E-state index is 0.132. The summed E-state index contributed by atoms with van der Waals surface area (Å²) >= 11 is 0. The largest absolute Gasteiger partial charge is 0.478 e. The third-order valence-electron chi connectivity index (χ3n) is 6.06. The number of unbranched alkanes of at least 4 members (excludes halogenated alkanes) is 1. The number of hydrogen-bond donors (Lipinski definition) is 1. The molecule has 178 valence electrons. The molecule has 0 bridgehead atoms. The highest BCUT2D eigenvalue weighted by Crippen LogP contribution is 2.25. The van der Waals surface area contributed by atoms with Gasteiger partial charge in [-0.3, -0.25) is 9.36 Å². The Bertz CT molecular complexity index is 1390. The van der Waals surface area contributed by atoms with E-state index >= 15 is 0 Å². The van der Waals surface area contributed by atoms with Gasteiger partial charge in [0.1, 0.15) is 0 Å². The first-order valence-electron chi connectivity index (χ1n) is 11.8. The summed E-state index contributed by atoms with van der Waals surface area (Å²) in [4.78, 5) is 38.3. The molecule has 1 N–H and O–H groups in total. The summed E-state index contributed by atoms with van der Waals surface area (Å²) in [6.07, 6.45) is 4.26. The highest BCUT2D eigenvalue weighted by Gasteiger charge is 2.18. The van der Waals surface area contributed by atoms with E-state index in [9.17, 15) is 19.5 Å². The molecule has 0 amide bonds. The van der Waals surface area contributed by atoms with Crippen molar-refractivity contribution in [3.8, 4) is 11.1 Å². The number of aromatic carboxylic acids is 1. The number of nitrogens with zero attached hydrogens (tertiary/aromatic N) is 2. The maximum absolute atomic E-state index is 13.3. The van der Waals surface area contributed by atoms with Crippen molar-refractivity contribution in [3.05, 3.63) is 118 Å². The first-order chi connectivity index (χ1) is 17.0. The molecule has 35 heavy (non-hydrogen) atoms. The first kappa shape index (κ1) is 24.0. The predicted molar refractivity (Wildman–Crippen MR) is 136 cm³/mol. The van der Waals surface area contributed by atoms with Gasteiger partial charge in [0.05, 0.1) is 18.5 Å². The molecule has 3 aromatic carbocycles. The van der Waals surface area contributed by atoms with Crippen molar-refractivity contribution in [2.45, 2.75) is 39.2 Å². The van der Waals surface area contributed by atoms with Crippen LogP contribution in [0.4, 0.5) is 0 Å². The smallest absolute Gasteiger partial charge is 0.336 e. The molecule has 0 aliphatic rings. The summed E-state index contributed by atoms with van der Waals surface area (Å²) in [5.74, 6) is -1.32. The maximum Gasteiger partial charge on any atom is 0.336 e. The van der Waals surface area contributed by atoms with E-state index in [1.807, 2.05) is 66.7 Å². The van der Waals surface area contributed by atoms with Gasteiger partial charge in [0.2, 0.25) is 5.91 Å². The number of imidazole rings is 1. The molecule has 6 heteroatoms. The van der Waals surface area contributed by atoms with Crippen LogP contribution >= 0.6 is 0 Å². The average Bonchev–Trinajstić information content (AvgIpc) is 3.18. The molecule has 0 radical (unpaired) electrons. The van der Waals surface area contributed by atoms with Crippen molar-refractivity contribution < 1.29 is 14.7 Å². The topological polar surface area (TPSA) is 81.3 Å². The Morgan fingerprint density at radius 1 is 0.886 bits per heavy atom. The van der Waals surface area contributed by atoms with Crippen LogP contribution in [0.2, 0.25) is 0 Å². The minimum Gasteiger partial charge on any atom is -0.478 e.